The summed E-state index contributed by atoms with van der Waals surface area (Å²) in [6.07, 6.45) is 0. The van der Waals surface area contributed by atoms with Gasteiger partial charge in [0.15, 0.2) is 0 Å². The molecule has 1 aliphatic rings. The highest BCUT2D eigenvalue weighted by Gasteiger charge is 2.33. The first kappa shape index (κ1) is 7.22. The minimum atomic E-state index is -3.16. The maximum atomic E-state index is 10.8. The van der Waals surface area contributed by atoms with Gasteiger partial charge in [-0.05, 0) is 13.8 Å². The maximum absolute atomic E-state index is 10.8. The zero-order chi connectivity index (χ0) is 7.07. The second kappa shape index (κ2) is 2.06. The minimum absolute atomic E-state index is 0.0841. The van der Waals surface area contributed by atoms with Crippen molar-refractivity contribution in [3.8, 4) is 0 Å². The molecule has 5 heteroatoms. The predicted octanol–water partition coefficient (Wildman–Crippen LogP) is 0.0566. The number of hydrogen-bond donors (Lipinski definition) is 3. The van der Waals surface area contributed by atoms with Gasteiger partial charge in [0.1, 0.15) is 0 Å². The van der Waals surface area contributed by atoms with E-state index in [1.807, 2.05) is 13.8 Å². The van der Waals surface area contributed by atoms with Crippen LogP contribution in [-0.2, 0) is 4.57 Å². The van der Waals surface area contributed by atoms with Gasteiger partial charge in [-0.25, -0.2) is 10.2 Å². The topological polar surface area (TPSA) is 61.4 Å². The van der Waals surface area contributed by atoms with Crippen LogP contribution in [0.1, 0.15) is 13.8 Å². The number of hydrogen-bond acceptors (Lipinski definition) is 1. The van der Waals surface area contributed by atoms with E-state index in [2.05, 4.69) is 10.2 Å². The molecule has 1 saturated heterocycles. The molecule has 0 radical (unpaired) electrons. The molecule has 0 spiro atoms. The molecule has 0 aromatic carbocycles. The van der Waals surface area contributed by atoms with Gasteiger partial charge in [0.25, 0.3) is 0 Å². The van der Waals surface area contributed by atoms with Gasteiger partial charge in [0.05, 0.1) is 0 Å². The average Bonchev–Trinajstić information content (AvgIpc) is 1.79. The van der Waals surface area contributed by atoms with Crippen molar-refractivity contribution < 1.29 is 9.46 Å². The molecule has 0 aromatic heterocycles. The molecule has 3 N–H and O–H groups in total. The van der Waals surface area contributed by atoms with Crippen LogP contribution >= 0.6 is 7.67 Å². The first-order valence-electron chi connectivity index (χ1n) is 2.90. The Hall–Kier alpha value is 0.110. The first-order valence-corrected chi connectivity index (χ1v) is 4.55. The molecular weight excluding hydrogens is 139 g/mol. The fourth-order valence-corrected chi connectivity index (χ4v) is 2.44. The Balaban J connectivity index is 2.65. The summed E-state index contributed by atoms with van der Waals surface area (Å²) in [5, 5.41) is 5.09. The van der Waals surface area contributed by atoms with Gasteiger partial charge < -0.3 is 4.89 Å². The van der Waals surface area contributed by atoms with E-state index in [1.165, 1.54) is 0 Å². The third kappa shape index (κ3) is 1.52. The summed E-state index contributed by atoms with van der Waals surface area (Å²) >= 11 is 0. The van der Waals surface area contributed by atoms with E-state index in [0.717, 1.165) is 0 Å². The molecule has 0 saturated carbocycles. The molecule has 0 amide bonds. The quantitative estimate of drug-likeness (QED) is 0.427. The van der Waals surface area contributed by atoms with E-state index in [1.54, 1.807) is 0 Å². The van der Waals surface area contributed by atoms with Crippen LogP contribution in [0.2, 0.25) is 0 Å². The Morgan fingerprint density at radius 3 is 1.78 bits per heavy atom. The lowest BCUT2D eigenvalue weighted by Gasteiger charge is -2.03. The summed E-state index contributed by atoms with van der Waals surface area (Å²) in [6.45, 7) is 3.74. The van der Waals surface area contributed by atoms with Crippen molar-refractivity contribution in [3.63, 3.8) is 0 Å². The zero-order valence-electron chi connectivity index (χ0n) is 5.46. The molecule has 2 atom stereocenters. The maximum Gasteiger partial charge on any atom is 0.338 e. The third-order valence-electron chi connectivity index (χ3n) is 1.51. The molecule has 1 rings (SSSR count). The van der Waals surface area contributed by atoms with Crippen LogP contribution in [0.25, 0.3) is 0 Å². The molecule has 1 aliphatic heterocycles. The van der Waals surface area contributed by atoms with Gasteiger partial charge in [-0.1, -0.05) is 0 Å². The molecular formula is C4H11N2O2P. The van der Waals surface area contributed by atoms with Gasteiger partial charge in [0.2, 0.25) is 0 Å². The molecule has 1 fully saturated rings. The van der Waals surface area contributed by atoms with Crippen molar-refractivity contribution in [2.75, 3.05) is 0 Å². The highest BCUT2D eigenvalue weighted by molar-refractivity contribution is 7.54. The fraction of sp³-hybridized carbons (Fsp3) is 1.00. The molecule has 4 nitrogen and oxygen atoms in total. The summed E-state index contributed by atoms with van der Waals surface area (Å²) in [4.78, 5) is 8.87. The van der Waals surface area contributed by atoms with Crippen molar-refractivity contribution in [1.82, 2.24) is 10.2 Å². The summed E-state index contributed by atoms with van der Waals surface area (Å²) in [7, 11) is -3.16. The largest absolute Gasteiger partial charge is 0.338 e. The molecule has 54 valence electrons. The molecule has 0 aliphatic carbocycles. The standard InChI is InChI=1S/C4H11N2O2P/c1-3-4(2)6-9(7,8)5-3/h3-4H,1-2H3,(H3,5,6,7,8). The summed E-state index contributed by atoms with van der Waals surface area (Å²) in [5.74, 6) is 0. The van der Waals surface area contributed by atoms with Gasteiger partial charge in [-0.3, -0.25) is 4.57 Å². The van der Waals surface area contributed by atoms with E-state index >= 15 is 0 Å². The van der Waals surface area contributed by atoms with Crippen molar-refractivity contribution in [3.05, 3.63) is 0 Å². The Labute approximate surface area is 54.2 Å². The minimum Gasteiger partial charge on any atom is -0.322 e. The number of nitrogens with one attached hydrogen (secondary N) is 2. The smallest absolute Gasteiger partial charge is 0.322 e. The van der Waals surface area contributed by atoms with E-state index < -0.39 is 7.67 Å². The summed E-state index contributed by atoms with van der Waals surface area (Å²) in [6, 6.07) is 0.168. The van der Waals surface area contributed by atoms with E-state index in [4.69, 9.17) is 4.89 Å². The lowest BCUT2D eigenvalue weighted by atomic mass is 10.2. The van der Waals surface area contributed by atoms with E-state index in [9.17, 15) is 4.57 Å². The van der Waals surface area contributed by atoms with Crippen LogP contribution in [0.15, 0.2) is 0 Å². The zero-order valence-corrected chi connectivity index (χ0v) is 6.35. The highest BCUT2D eigenvalue weighted by atomic mass is 31.2. The Kier molecular flexibility index (Phi) is 1.65. The fourth-order valence-electron chi connectivity index (χ4n) is 0.813. The third-order valence-corrected chi connectivity index (χ3v) is 3.02. The SMILES string of the molecule is CC1NP(=O)(O)NC1C. The van der Waals surface area contributed by atoms with Gasteiger partial charge in [0, 0.05) is 12.1 Å². The normalized spacial score (nSPS) is 51.9. The molecule has 2 unspecified atom stereocenters. The Bertz CT molecular complexity index is 147. The summed E-state index contributed by atoms with van der Waals surface area (Å²) < 4.78 is 10.8. The molecule has 0 bridgehead atoms. The lowest BCUT2D eigenvalue weighted by molar-refractivity contribution is 0.463. The van der Waals surface area contributed by atoms with Gasteiger partial charge in [-0.2, -0.15) is 0 Å². The van der Waals surface area contributed by atoms with Crippen LogP contribution in [0.3, 0.4) is 0 Å². The van der Waals surface area contributed by atoms with Crippen molar-refractivity contribution in [2.45, 2.75) is 25.9 Å². The van der Waals surface area contributed by atoms with Gasteiger partial charge in [-0.15, -0.1) is 0 Å². The lowest BCUT2D eigenvalue weighted by Crippen LogP contribution is -2.26. The monoisotopic (exact) mass is 150 g/mol. The first-order chi connectivity index (χ1) is 4.01. The molecule has 9 heavy (non-hydrogen) atoms. The summed E-state index contributed by atoms with van der Waals surface area (Å²) in [5.41, 5.74) is 0. The predicted molar refractivity (Wildman–Crippen MR) is 35.0 cm³/mol. The highest BCUT2D eigenvalue weighted by Crippen LogP contribution is 2.36. The second-order valence-corrected chi connectivity index (χ2v) is 4.08. The van der Waals surface area contributed by atoms with Crippen LogP contribution in [0, 0.1) is 0 Å². The van der Waals surface area contributed by atoms with Crippen LogP contribution < -0.4 is 10.2 Å². The van der Waals surface area contributed by atoms with E-state index in [0.29, 0.717) is 0 Å². The molecule has 0 aromatic rings. The van der Waals surface area contributed by atoms with Crippen LogP contribution in [0.4, 0.5) is 0 Å². The Morgan fingerprint density at radius 2 is 1.67 bits per heavy atom. The van der Waals surface area contributed by atoms with Crippen LogP contribution in [-0.4, -0.2) is 17.0 Å². The molecule has 1 heterocycles. The Morgan fingerprint density at radius 1 is 1.33 bits per heavy atom. The van der Waals surface area contributed by atoms with Gasteiger partial charge >= 0.3 is 7.67 Å². The average molecular weight is 150 g/mol. The van der Waals surface area contributed by atoms with Crippen molar-refractivity contribution in [2.24, 2.45) is 0 Å². The second-order valence-electron chi connectivity index (χ2n) is 2.41. The van der Waals surface area contributed by atoms with Crippen molar-refractivity contribution in [1.29, 1.82) is 0 Å². The van der Waals surface area contributed by atoms with Crippen molar-refractivity contribution >= 4 is 7.67 Å². The number of rotatable bonds is 0. The van der Waals surface area contributed by atoms with Crippen LogP contribution in [0.5, 0.6) is 0 Å². The van der Waals surface area contributed by atoms with E-state index in [-0.39, 0.29) is 12.1 Å².